The topological polar surface area (TPSA) is 40.5 Å². The van der Waals surface area contributed by atoms with Gasteiger partial charge in [0.2, 0.25) is 0 Å². The van der Waals surface area contributed by atoms with E-state index in [4.69, 9.17) is 6.42 Å². The van der Waals surface area contributed by atoms with Crippen LogP contribution in [0, 0.1) is 46.8 Å². The van der Waals surface area contributed by atoms with E-state index in [-0.39, 0.29) is 11.5 Å². The van der Waals surface area contributed by atoms with Gasteiger partial charge in [0.15, 0.2) is 0 Å². The Morgan fingerprint density at radius 3 is 2.43 bits per heavy atom. The molecule has 0 bridgehead atoms. The van der Waals surface area contributed by atoms with Crippen molar-refractivity contribution in [3.05, 3.63) is 0 Å². The molecule has 0 aromatic heterocycles. The van der Waals surface area contributed by atoms with Crippen molar-refractivity contribution in [2.75, 3.05) is 0 Å². The van der Waals surface area contributed by atoms with Gasteiger partial charge in [-0.1, -0.05) is 19.8 Å². The molecule has 0 heterocycles. The number of terminal acetylenes is 1. The van der Waals surface area contributed by atoms with Gasteiger partial charge in [-0.2, -0.15) is 0 Å². The lowest BCUT2D eigenvalue weighted by atomic mass is 9.44. The summed E-state index contributed by atoms with van der Waals surface area (Å²) in [6.07, 6.45) is 15.6. The molecule has 128 valence electrons. The predicted octanol–water partition coefficient (Wildman–Crippen LogP) is 3.75. The van der Waals surface area contributed by atoms with E-state index in [0.717, 1.165) is 43.9 Å². The lowest BCUT2D eigenvalue weighted by Gasteiger charge is -2.61. The molecule has 0 spiro atoms. The van der Waals surface area contributed by atoms with Crippen molar-refractivity contribution in [3.63, 3.8) is 0 Å². The second kappa shape index (κ2) is 4.99. The Morgan fingerprint density at radius 2 is 1.70 bits per heavy atom. The Balaban J connectivity index is 1.65. The molecule has 2 heteroatoms. The number of rotatable bonds is 0. The van der Waals surface area contributed by atoms with Gasteiger partial charge < -0.3 is 10.2 Å². The van der Waals surface area contributed by atoms with Crippen molar-refractivity contribution in [3.8, 4) is 12.3 Å². The molecule has 4 saturated carbocycles. The highest BCUT2D eigenvalue weighted by atomic mass is 16.3. The summed E-state index contributed by atoms with van der Waals surface area (Å²) in [6, 6.07) is 0. The van der Waals surface area contributed by atoms with Gasteiger partial charge in [0.25, 0.3) is 0 Å². The van der Waals surface area contributed by atoms with E-state index in [1.54, 1.807) is 0 Å². The van der Waals surface area contributed by atoms with Gasteiger partial charge in [0, 0.05) is 5.41 Å². The number of hydrogen-bond acceptors (Lipinski definition) is 2. The summed E-state index contributed by atoms with van der Waals surface area (Å²) >= 11 is 0. The van der Waals surface area contributed by atoms with E-state index in [1.807, 2.05) is 0 Å². The fourth-order valence-electron chi connectivity index (χ4n) is 7.49. The molecule has 0 unspecified atom stereocenters. The van der Waals surface area contributed by atoms with E-state index < -0.39 is 5.60 Å². The summed E-state index contributed by atoms with van der Waals surface area (Å²) in [5.41, 5.74) is -0.566. The van der Waals surface area contributed by atoms with Crippen LogP contribution in [-0.4, -0.2) is 21.9 Å². The second-order valence-corrected chi connectivity index (χ2v) is 9.58. The van der Waals surface area contributed by atoms with Crippen LogP contribution in [0.1, 0.15) is 71.6 Å². The minimum atomic E-state index is -0.886. The van der Waals surface area contributed by atoms with Crippen LogP contribution in [0.5, 0.6) is 0 Å². The molecule has 0 saturated heterocycles. The van der Waals surface area contributed by atoms with Crippen LogP contribution in [0.4, 0.5) is 0 Å². The summed E-state index contributed by atoms with van der Waals surface area (Å²) < 4.78 is 0. The van der Waals surface area contributed by atoms with Crippen molar-refractivity contribution >= 4 is 0 Å². The quantitative estimate of drug-likeness (QED) is 0.668. The third-order valence-corrected chi connectivity index (χ3v) is 9.03. The normalized spacial score (nSPS) is 58.7. The second-order valence-electron chi connectivity index (χ2n) is 9.58. The maximum absolute atomic E-state index is 11.0. The molecule has 0 aliphatic heterocycles. The van der Waals surface area contributed by atoms with E-state index >= 15 is 0 Å². The van der Waals surface area contributed by atoms with E-state index in [0.29, 0.717) is 17.3 Å². The third-order valence-electron chi connectivity index (χ3n) is 9.03. The lowest BCUT2D eigenvalue weighted by Crippen LogP contribution is -2.56. The van der Waals surface area contributed by atoms with Crippen molar-refractivity contribution in [1.82, 2.24) is 0 Å². The highest BCUT2D eigenvalue weighted by Gasteiger charge is 2.64. The van der Waals surface area contributed by atoms with Crippen molar-refractivity contribution in [2.24, 2.45) is 34.5 Å². The summed E-state index contributed by atoms with van der Waals surface area (Å²) in [5.74, 6) is 5.56. The van der Waals surface area contributed by atoms with Crippen molar-refractivity contribution in [2.45, 2.75) is 83.3 Å². The van der Waals surface area contributed by atoms with E-state index in [9.17, 15) is 10.2 Å². The first kappa shape index (κ1) is 16.0. The van der Waals surface area contributed by atoms with Gasteiger partial charge in [0.1, 0.15) is 5.60 Å². The van der Waals surface area contributed by atoms with Gasteiger partial charge >= 0.3 is 0 Å². The monoisotopic (exact) mass is 316 g/mol. The standard InChI is InChI=1S/C21H32O2/c1-4-21(23)12-9-18-16-6-5-14-13-15(22)7-10-19(14,2)17(16)8-11-20(18,21)3/h1,14-18,22-23H,5-13H2,2-3H3/t14-,15-,16-,17+,18-,19+,20-,21+/m1/s1. The zero-order chi connectivity index (χ0) is 16.5. The molecule has 0 aromatic carbocycles. The van der Waals surface area contributed by atoms with Crippen LogP contribution < -0.4 is 0 Å². The molecule has 0 amide bonds. The molecule has 4 aliphatic carbocycles. The predicted molar refractivity (Wildman–Crippen MR) is 91.5 cm³/mol. The van der Waals surface area contributed by atoms with Crippen LogP contribution in [-0.2, 0) is 0 Å². The third kappa shape index (κ3) is 1.96. The van der Waals surface area contributed by atoms with Gasteiger partial charge in [-0.25, -0.2) is 0 Å². The molecule has 0 aromatic rings. The van der Waals surface area contributed by atoms with Crippen LogP contribution >= 0.6 is 0 Å². The highest BCUT2D eigenvalue weighted by Crippen LogP contribution is 2.68. The van der Waals surface area contributed by atoms with Crippen molar-refractivity contribution < 1.29 is 10.2 Å². The first-order chi connectivity index (χ1) is 10.8. The smallest absolute Gasteiger partial charge is 0.130 e. The number of aliphatic hydroxyl groups is 2. The Labute approximate surface area is 141 Å². The van der Waals surface area contributed by atoms with Crippen LogP contribution in [0.15, 0.2) is 0 Å². The van der Waals surface area contributed by atoms with E-state index in [1.165, 1.54) is 25.7 Å². The first-order valence-electron chi connectivity index (χ1n) is 9.72. The fraction of sp³-hybridized carbons (Fsp3) is 0.905. The fourth-order valence-corrected chi connectivity index (χ4v) is 7.49. The minimum absolute atomic E-state index is 0.0727. The first-order valence-corrected chi connectivity index (χ1v) is 9.72. The number of aliphatic hydroxyl groups excluding tert-OH is 1. The van der Waals surface area contributed by atoms with Gasteiger partial charge in [-0.05, 0) is 86.9 Å². The zero-order valence-electron chi connectivity index (χ0n) is 14.7. The highest BCUT2D eigenvalue weighted by molar-refractivity contribution is 5.23. The summed E-state index contributed by atoms with van der Waals surface area (Å²) in [4.78, 5) is 0. The van der Waals surface area contributed by atoms with E-state index in [2.05, 4.69) is 19.8 Å². The maximum atomic E-state index is 11.0. The lowest BCUT2D eigenvalue weighted by molar-refractivity contribution is -0.144. The number of hydrogen-bond donors (Lipinski definition) is 2. The maximum Gasteiger partial charge on any atom is 0.130 e. The molecule has 4 rings (SSSR count). The van der Waals surface area contributed by atoms with Crippen LogP contribution in [0.25, 0.3) is 0 Å². The SMILES string of the molecule is C#C[C@]1(O)CC[C@@H]2[C@@H]3CC[C@@H]4C[C@H](O)CC[C@]4(C)[C@H]3CC[C@]21C. The Bertz CT molecular complexity index is 536. The molecule has 4 aliphatic rings. The molecule has 23 heavy (non-hydrogen) atoms. The summed E-state index contributed by atoms with van der Waals surface area (Å²) in [7, 11) is 0. The minimum Gasteiger partial charge on any atom is -0.393 e. The average molecular weight is 316 g/mol. The molecule has 2 N–H and O–H groups in total. The van der Waals surface area contributed by atoms with Gasteiger partial charge in [-0.15, -0.1) is 6.42 Å². The Kier molecular flexibility index (Phi) is 3.47. The molecule has 8 atom stereocenters. The van der Waals surface area contributed by atoms with Gasteiger partial charge in [0.05, 0.1) is 6.10 Å². The molecular weight excluding hydrogens is 284 g/mol. The number of fused-ring (bicyclic) bond motifs is 5. The molecule has 2 nitrogen and oxygen atoms in total. The summed E-state index contributed by atoms with van der Waals surface area (Å²) in [5, 5.41) is 21.1. The van der Waals surface area contributed by atoms with Gasteiger partial charge in [-0.3, -0.25) is 0 Å². The Hall–Kier alpha value is -0.520. The summed E-state index contributed by atoms with van der Waals surface area (Å²) in [6.45, 7) is 4.77. The zero-order valence-corrected chi connectivity index (χ0v) is 14.7. The average Bonchev–Trinajstić information content (AvgIpc) is 2.80. The van der Waals surface area contributed by atoms with Crippen LogP contribution in [0.3, 0.4) is 0 Å². The van der Waals surface area contributed by atoms with Crippen LogP contribution in [0.2, 0.25) is 0 Å². The molecule has 4 fully saturated rings. The largest absolute Gasteiger partial charge is 0.393 e. The molecule has 0 radical (unpaired) electrons. The van der Waals surface area contributed by atoms with Crippen molar-refractivity contribution in [1.29, 1.82) is 0 Å². The Morgan fingerprint density at radius 1 is 0.957 bits per heavy atom. The molecular formula is C21H32O2.